The van der Waals surface area contributed by atoms with Crippen LogP contribution in [0, 0.1) is 10.1 Å². The van der Waals surface area contributed by atoms with Crippen LogP contribution in [-0.2, 0) is 9.47 Å². The van der Waals surface area contributed by atoms with Gasteiger partial charge in [-0.2, -0.15) is 0 Å². The Kier molecular flexibility index (Phi) is 4.69. The van der Waals surface area contributed by atoms with E-state index in [9.17, 15) is 10.1 Å². The predicted molar refractivity (Wildman–Crippen MR) is 100 cm³/mol. The van der Waals surface area contributed by atoms with E-state index in [1.54, 1.807) is 12.1 Å². The van der Waals surface area contributed by atoms with E-state index in [-0.39, 0.29) is 5.69 Å². The number of ether oxygens (including phenoxy) is 2. The van der Waals surface area contributed by atoms with Gasteiger partial charge in [-0.05, 0) is 35.4 Å². The molecule has 0 amide bonds. The van der Waals surface area contributed by atoms with Crippen molar-refractivity contribution in [1.29, 1.82) is 0 Å². The summed E-state index contributed by atoms with van der Waals surface area (Å²) in [6.45, 7) is 3.49. The van der Waals surface area contributed by atoms with E-state index in [2.05, 4.69) is 29.2 Å². The Morgan fingerprint density at radius 3 is 1.81 bits per heavy atom. The van der Waals surface area contributed by atoms with Gasteiger partial charge in [0.25, 0.3) is 5.69 Å². The standard InChI is InChI=1S/C20H20N2O4/c23-22(24)18-9-5-16(6-10-18)2-1-15-3-7-17(8-4-15)21(11-19-13-25-19)12-20-14-26-20/h1-10,19-20H,11-14H2. The molecule has 0 aliphatic carbocycles. The van der Waals surface area contributed by atoms with Crippen LogP contribution in [0.3, 0.4) is 0 Å². The quantitative estimate of drug-likeness (QED) is 0.315. The first-order chi connectivity index (χ1) is 12.7. The summed E-state index contributed by atoms with van der Waals surface area (Å²) in [6, 6.07) is 14.9. The number of epoxide rings is 2. The molecule has 2 aliphatic heterocycles. The minimum absolute atomic E-state index is 0.103. The molecular formula is C20H20N2O4. The molecule has 0 aromatic heterocycles. The minimum Gasteiger partial charge on any atom is -0.371 e. The fourth-order valence-corrected chi connectivity index (χ4v) is 2.82. The number of nitro groups is 1. The van der Waals surface area contributed by atoms with Crippen molar-refractivity contribution in [3.8, 4) is 0 Å². The van der Waals surface area contributed by atoms with Crippen LogP contribution in [0.2, 0.25) is 0 Å². The lowest BCUT2D eigenvalue weighted by molar-refractivity contribution is -0.384. The average Bonchev–Trinajstić information content (AvgIpc) is 3.57. The summed E-state index contributed by atoms with van der Waals surface area (Å²) in [5.41, 5.74) is 3.28. The number of nitro benzene ring substituents is 1. The van der Waals surface area contributed by atoms with Gasteiger partial charge in [0.15, 0.2) is 0 Å². The van der Waals surface area contributed by atoms with Crippen LogP contribution in [0.1, 0.15) is 11.1 Å². The van der Waals surface area contributed by atoms with Crippen molar-refractivity contribution in [3.63, 3.8) is 0 Å². The highest BCUT2D eigenvalue weighted by atomic mass is 16.6. The van der Waals surface area contributed by atoms with Gasteiger partial charge in [0, 0.05) is 30.9 Å². The van der Waals surface area contributed by atoms with Crippen molar-refractivity contribution >= 4 is 23.5 Å². The van der Waals surface area contributed by atoms with Crippen molar-refractivity contribution in [2.45, 2.75) is 12.2 Å². The average molecular weight is 352 g/mol. The fraction of sp³-hybridized carbons (Fsp3) is 0.300. The van der Waals surface area contributed by atoms with E-state index in [1.807, 2.05) is 12.2 Å². The smallest absolute Gasteiger partial charge is 0.269 e. The molecule has 2 heterocycles. The number of benzene rings is 2. The second-order valence-corrected chi connectivity index (χ2v) is 6.59. The molecule has 0 radical (unpaired) electrons. The molecule has 6 nitrogen and oxygen atoms in total. The summed E-state index contributed by atoms with van der Waals surface area (Å²) in [6.07, 6.45) is 4.64. The predicted octanol–water partition coefficient (Wildman–Crippen LogP) is 3.37. The summed E-state index contributed by atoms with van der Waals surface area (Å²) >= 11 is 0. The first kappa shape index (κ1) is 16.8. The van der Waals surface area contributed by atoms with E-state index in [4.69, 9.17) is 9.47 Å². The molecule has 2 unspecified atom stereocenters. The van der Waals surface area contributed by atoms with Crippen LogP contribution >= 0.6 is 0 Å². The Morgan fingerprint density at radius 1 is 0.923 bits per heavy atom. The SMILES string of the molecule is O=[N+]([O-])c1ccc(C=Cc2ccc(N(CC3CO3)CC3CO3)cc2)cc1. The molecule has 0 spiro atoms. The van der Waals surface area contributed by atoms with E-state index in [0.29, 0.717) is 12.2 Å². The molecule has 0 bridgehead atoms. The maximum atomic E-state index is 10.7. The summed E-state index contributed by atoms with van der Waals surface area (Å²) in [5.74, 6) is 0. The van der Waals surface area contributed by atoms with Crippen molar-refractivity contribution < 1.29 is 14.4 Å². The van der Waals surface area contributed by atoms with Gasteiger partial charge in [-0.25, -0.2) is 0 Å². The van der Waals surface area contributed by atoms with Crippen molar-refractivity contribution in [2.75, 3.05) is 31.2 Å². The molecule has 2 atom stereocenters. The van der Waals surface area contributed by atoms with Gasteiger partial charge in [0.2, 0.25) is 0 Å². The maximum absolute atomic E-state index is 10.7. The van der Waals surface area contributed by atoms with E-state index in [1.165, 1.54) is 17.8 Å². The number of hydrogen-bond acceptors (Lipinski definition) is 5. The highest BCUT2D eigenvalue weighted by molar-refractivity contribution is 5.71. The molecule has 2 saturated heterocycles. The molecule has 2 fully saturated rings. The summed E-state index contributed by atoms with van der Waals surface area (Å²) in [5, 5.41) is 10.7. The normalized spacial score (nSPS) is 20.9. The van der Waals surface area contributed by atoms with Crippen LogP contribution < -0.4 is 4.90 Å². The lowest BCUT2D eigenvalue weighted by Gasteiger charge is -2.23. The van der Waals surface area contributed by atoms with Gasteiger partial charge in [-0.3, -0.25) is 10.1 Å². The molecule has 26 heavy (non-hydrogen) atoms. The Hall–Kier alpha value is -2.70. The van der Waals surface area contributed by atoms with Gasteiger partial charge in [-0.15, -0.1) is 0 Å². The van der Waals surface area contributed by atoms with E-state index < -0.39 is 4.92 Å². The third-order valence-electron chi connectivity index (χ3n) is 4.48. The number of non-ortho nitro benzene ring substituents is 1. The van der Waals surface area contributed by atoms with Crippen molar-refractivity contribution in [3.05, 3.63) is 69.8 Å². The molecule has 0 N–H and O–H groups in total. The highest BCUT2D eigenvalue weighted by Crippen LogP contribution is 2.23. The summed E-state index contributed by atoms with van der Waals surface area (Å²) in [4.78, 5) is 12.6. The molecular weight excluding hydrogens is 332 g/mol. The molecule has 6 heteroatoms. The molecule has 0 saturated carbocycles. The highest BCUT2D eigenvalue weighted by Gasteiger charge is 2.30. The van der Waals surface area contributed by atoms with Crippen LogP contribution in [0.15, 0.2) is 48.5 Å². The van der Waals surface area contributed by atoms with Gasteiger partial charge in [0.1, 0.15) is 0 Å². The lowest BCUT2D eigenvalue weighted by Crippen LogP contribution is -2.31. The number of anilines is 1. The zero-order valence-electron chi connectivity index (χ0n) is 14.3. The lowest BCUT2D eigenvalue weighted by atomic mass is 10.1. The monoisotopic (exact) mass is 352 g/mol. The van der Waals surface area contributed by atoms with Crippen LogP contribution in [0.5, 0.6) is 0 Å². The second-order valence-electron chi connectivity index (χ2n) is 6.59. The Morgan fingerprint density at radius 2 is 1.38 bits per heavy atom. The third-order valence-corrected chi connectivity index (χ3v) is 4.48. The first-order valence-corrected chi connectivity index (χ1v) is 8.68. The third kappa shape index (κ3) is 4.47. The molecule has 2 aromatic rings. The molecule has 134 valence electrons. The second kappa shape index (κ2) is 7.27. The van der Waals surface area contributed by atoms with E-state index in [0.717, 1.165) is 37.4 Å². The zero-order valence-corrected chi connectivity index (χ0v) is 14.3. The summed E-state index contributed by atoms with van der Waals surface area (Å²) in [7, 11) is 0. The van der Waals surface area contributed by atoms with Gasteiger partial charge < -0.3 is 14.4 Å². The van der Waals surface area contributed by atoms with Gasteiger partial charge in [0.05, 0.1) is 30.3 Å². The van der Waals surface area contributed by atoms with Crippen LogP contribution in [0.4, 0.5) is 11.4 Å². The molecule has 2 aliphatic rings. The fourth-order valence-electron chi connectivity index (χ4n) is 2.82. The Balaban J connectivity index is 1.41. The van der Waals surface area contributed by atoms with Crippen molar-refractivity contribution in [1.82, 2.24) is 0 Å². The maximum Gasteiger partial charge on any atom is 0.269 e. The van der Waals surface area contributed by atoms with Crippen LogP contribution in [0.25, 0.3) is 12.2 Å². The first-order valence-electron chi connectivity index (χ1n) is 8.68. The minimum atomic E-state index is -0.392. The van der Waals surface area contributed by atoms with E-state index >= 15 is 0 Å². The Labute approximate surface area is 151 Å². The number of rotatable bonds is 8. The van der Waals surface area contributed by atoms with Crippen LogP contribution in [-0.4, -0.2) is 43.4 Å². The topological polar surface area (TPSA) is 71.4 Å². The van der Waals surface area contributed by atoms with Gasteiger partial charge in [-0.1, -0.05) is 24.3 Å². The number of hydrogen-bond donors (Lipinski definition) is 0. The zero-order chi connectivity index (χ0) is 17.9. The largest absolute Gasteiger partial charge is 0.371 e. The van der Waals surface area contributed by atoms with Crippen molar-refractivity contribution in [2.24, 2.45) is 0 Å². The molecule has 4 rings (SSSR count). The van der Waals surface area contributed by atoms with Gasteiger partial charge >= 0.3 is 0 Å². The summed E-state index contributed by atoms with van der Waals surface area (Å²) < 4.78 is 10.7. The molecule has 2 aromatic carbocycles. The number of nitrogens with zero attached hydrogens (tertiary/aromatic N) is 2. The Bertz CT molecular complexity index is 780.